The van der Waals surface area contributed by atoms with E-state index in [1.54, 1.807) is 19.9 Å². The lowest BCUT2D eigenvalue weighted by molar-refractivity contribution is -0.114. The zero-order chi connectivity index (χ0) is 23.0. The summed E-state index contributed by atoms with van der Waals surface area (Å²) < 4.78 is 37.5. The molecule has 2 aliphatic rings. The molecule has 0 unspecified atom stereocenters. The fraction of sp³-hybridized carbons (Fsp3) is 0.174. The Balaban J connectivity index is 1.64. The third kappa shape index (κ3) is 3.85. The Bertz CT molecular complexity index is 1330. The van der Waals surface area contributed by atoms with Crippen LogP contribution in [0.4, 0.5) is 11.4 Å². The Morgan fingerprint density at radius 3 is 2.53 bits per heavy atom. The Labute approximate surface area is 186 Å². The minimum absolute atomic E-state index is 0.256. The number of carbonyl (C=O) groups excluding carboxylic acids is 1. The van der Waals surface area contributed by atoms with Gasteiger partial charge >= 0.3 is 0 Å². The highest BCUT2D eigenvalue weighted by molar-refractivity contribution is 7.85. The van der Waals surface area contributed by atoms with E-state index in [1.807, 2.05) is 36.1 Å². The van der Waals surface area contributed by atoms with E-state index >= 15 is 0 Å². The van der Waals surface area contributed by atoms with Gasteiger partial charge < -0.3 is 9.64 Å². The van der Waals surface area contributed by atoms with E-state index in [0.717, 1.165) is 11.4 Å². The number of fused-ring (bicyclic) bond motifs is 1. The first-order valence-corrected chi connectivity index (χ1v) is 11.3. The molecule has 0 atom stereocenters. The van der Waals surface area contributed by atoms with Crippen LogP contribution in [-0.2, 0) is 14.9 Å². The molecule has 32 heavy (non-hydrogen) atoms. The lowest BCUT2D eigenvalue weighted by atomic mass is 10.1. The summed E-state index contributed by atoms with van der Waals surface area (Å²) in [5, 5.41) is 5.51. The van der Waals surface area contributed by atoms with Gasteiger partial charge in [0, 0.05) is 6.54 Å². The summed E-state index contributed by atoms with van der Waals surface area (Å²) in [4.78, 5) is 14.8. The summed E-state index contributed by atoms with van der Waals surface area (Å²) in [7, 11) is -4.31. The van der Waals surface area contributed by atoms with Crippen LogP contribution in [0.3, 0.4) is 0 Å². The number of para-hydroxylation sites is 2. The summed E-state index contributed by atoms with van der Waals surface area (Å²) >= 11 is 0. The van der Waals surface area contributed by atoms with Crippen molar-refractivity contribution >= 4 is 33.1 Å². The molecule has 2 aromatic rings. The average Bonchev–Trinajstić information content (AvgIpc) is 3.27. The molecule has 8 nitrogen and oxygen atoms in total. The van der Waals surface area contributed by atoms with Crippen molar-refractivity contribution in [3.63, 3.8) is 0 Å². The summed E-state index contributed by atoms with van der Waals surface area (Å²) in [5.41, 5.74) is 6.11. The Morgan fingerprint density at radius 2 is 1.88 bits per heavy atom. The summed E-state index contributed by atoms with van der Waals surface area (Å²) in [5.74, 6) is 0.960. The number of rotatable bonds is 4. The van der Waals surface area contributed by atoms with E-state index in [0.29, 0.717) is 35.0 Å². The number of amides is 1. The normalized spacial score (nSPS) is 17.1. The Hall–Kier alpha value is -3.65. The molecule has 2 aliphatic heterocycles. The van der Waals surface area contributed by atoms with Gasteiger partial charge in [-0.3, -0.25) is 9.35 Å². The molecule has 0 saturated heterocycles. The number of hydrogen-bond acceptors (Lipinski definition) is 6. The fourth-order valence-corrected chi connectivity index (χ4v) is 4.07. The molecule has 0 fully saturated rings. The van der Waals surface area contributed by atoms with Gasteiger partial charge in [0.2, 0.25) is 5.88 Å². The van der Waals surface area contributed by atoms with Crippen LogP contribution in [0.25, 0.3) is 0 Å². The van der Waals surface area contributed by atoms with Crippen LogP contribution in [0.2, 0.25) is 0 Å². The molecule has 1 amide bonds. The van der Waals surface area contributed by atoms with E-state index in [9.17, 15) is 13.2 Å². The maximum atomic E-state index is 13.0. The second-order valence-electron chi connectivity index (χ2n) is 7.24. The lowest BCUT2D eigenvalue weighted by Crippen LogP contribution is -2.22. The van der Waals surface area contributed by atoms with Crippen LogP contribution in [0.5, 0.6) is 5.75 Å². The summed E-state index contributed by atoms with van der Waals surface area (Å²) in [6, 6.07) is 13.0. The van der Waals surface area contributed by atoms with Crippen molar-refractivity contribution in [1.82, 2.24) is 0 Å². The highest BCUT2D eigenvalue weighted by atomic mass is 32.2. The van der Waals surface area contributed by atoms with Gasteiger partial charge in [0.1, 0.15) is 0 Å². The van der Waals surface area contributed by atoms with E-state index < -0.39 is 10.1 Å². The van der Waals surface area contributed by atoms with Crippen LogP contribution >= 0.6 is 0 Å². The van der Waals surface area contributed by atoms with Crippen molar-refractivity contribution in [2.24, 2.45) is 5.10 Å². The van der Waals surface area contributed by atoms with Gasteiger partial charge in [0.15, 0.2) is 5.75 Å². The fourth-order valence-electron chi connectivity index (χ4n) is 3.59. The van der Waals surface area contributed by atoms with Crippen LogP contribution < -0.4 is 14.6 Å². The number of allylic oxidation sites excluding steroid dienone is 2. The van der Waals surface area contributed by atoms with Gasteiger partial charge in [-0.15, -0.1) is 0 Å². The first kappa shape index (κ1) is 21.6. The minimum atomic E-state index is -4.31. The third-order valence-electron chi connectivity index (χ3n) is 5.13. The van der Waals surface area contributed by atoms with Crippen molar-refractivity contribution in [3.05, 3.63) is 77.4 Å². The molecular formula is C23H21N3O5S. The number of hydrazone groups is 1. The van der Waals surface area contributed by atoms with Gasteiger partial charge in [-0.1, -0.05) is 17.9 Å². The SMILES string of the molecule is CCN1C(=C=C/C(C)=C2/C(=O)N(c3ccc(S(=O)(=O)O)cc3)N=C2C)Oc2ccccc21. The standard InChI is InChI=1S/C23H21N3O5S/c1-4-25-19-7-5-6-8-20(19)31-21(25)14-9-15(2)22-16(3)24-26(23(22)27)17-10-12-18(13-11-17)32(28,29)30/h5-13H,4H2,1-3H3,(H,28,29,30)/b22-15+. The average molecular weight is 452 g/mol. The molecule has 9 heteroatoms. The number of hydrogen-bond donors (Lipinski definition) is 1. The zero-order valence-corrected chi connectivity index (χ0v) is 18.5. The number of nitrogens with zero attached hydrogens (tertiary/aromatic N) is 3. The van der Waals surface area contributed by atoms with Crippen molar-refractivity contribution in [2.45, 2.75) is 25.7 Å². The Kier molecular flexibility index (Phi) is 5.48. The molecular weight excluding hydrogens is 430 g/mol. The predicted octanol–water partition coefficient (Wildman–Crippen LogP) is 3.89. The molecule has 1 N–H and O–H groups in total. The van der Waals surface area contributed by atoms with Crippen LogP contribution in [0, 0.1) is 0 Å². The van der Waals surface area contributed by atoms with E-state index in [-0.39, 0.29) is 10.8 Å². The predicted molar refractivity (Wildman–Crippen MR) is 121 cm³/mol. The van der Waals surface area contributed by atoms with Crippen molar-refractivity contribution in [1.29, 1.82) is 0 Å². The van der Waals surface area contributed by atoms with Gasteiger partial charge in [-0.25, -0.2) is 0 Å². The lowest BCUT2D eigenvalue weighted by Gasteiger charge is -2.13. The van der Waals surface area contributed by atoms with Crippen molar-refractivity contribution in [3.8, 4) is 5.75 Å². The van der Waals surface area contributed by atoms with E-state index in [4.69, 9.17) is 9.29 Å². The smallest absolute Gasteiger partial charge is 0.294 e. The molecule has 0 spiro atoms. The quantitative estimate of drug-likeness (QED) is 0.430. The van der Waals surface area contributed by atoms with Crippen LogP contribution in [0.15, 0.2) is 87.4 Å². The molecule has 0 bridgehead atoms. The number of carbonyl (C=O) groups is 1. The molecule has 164 valence electrons. The third-order valence-corrected chi connectivity index (χ3v) is 6.00. The summed E-state index contributed by atoms with van der Waals surface area (Å²) in [6.45, 7) is 6.24. The van der Waals surface area contributed by atoms with Crippen molar-refractivity contribution in [2.75, 3.05) is 16.5 Å². The summed E-state index contributed by atoms with van der Waals surface area (Å²) in [6.07, 6.45) is 1.70. The molecule has 0 aliphatic carbocycles. The van der Waals surface area contributed by atoms with Crippen LogP contribution in [-0.4, -0.2) is 31.1 Å². The monoisotopic (exact) mass is 451 g/mol. The molecule has 0 saturated carbocycles. The molecule has 4 rings (SSSR count). The Morgan fingerprint density at radius 1 is 1.19 bits per heavy atom. The molecule has 2 aromatic carbocycles. The minimum Gasteiger partial charge on any atom is -0.432 e. The topological polar surface area (TPSA) is 99.5 Å². The highest BCUT2D eigenvalue weighted by Crippen LogP contribution is 2.38. The number of anilines is 2. The maximum Gasteiger partial charge on any atom is 0.294 e. The second kappa shape index (κ2) is 8.12. The maximum absolute atomic E-state index is 13.0. The van der Waals surface area contributed by atoms with Gasteiger partial charge in [0.25, 0.3) is 16.0 Å². The zero-order valence-electron chi connectivity index (χ0n) is 17.7. The molecule has 2 heterocycles. The van der Waals surface area contributed by atoms with Gasteiger partial charge in [0.05, 0.1) is 27.6 Å². The first-order chi connectivity index (χ1) is 15.2. The first-order valence-electron chi connectivity index (χ1n) is 9.90. The second-order valence-corrected chi connectivity index (χ2v) is 8.66. The number of ether oxygens (including phenoxy) is 1. The van der Waals surface area contributed by atoms with E-state index in [2.05, 4.69) is 10.8 Å². The van der Waals surface area contributed by atoms with E-state index in [1.165, 1.54) is 29.3 Å². The largest absolute Gasteiger partial charge is 0.432 e. The van der Waals surface area contributed by atoms with Crippen molar-refractivity contribution < 1.29 is 22.5 Å². The van der Waals surface area contributed by atoms with Crippen LogP contribution in [0.1, 0.15) is 20.8 Å². The van der Waals surface area contributed by atoms with Gasteiger partial charge in [-0.05, 0) is 68.8 Å². The number of benzene rings is 2. The highest BCUT2D eigenvalue weighted by Gasteiger charge is 2.30. The molecule has 0 radical (unpaired) electrons. The van der Waals surface area contributed by atoms with Gasteiger partial charge in [-0.2, -0.15) is 18.5 Å². The molecule has 0 aromatic heterocycles.